The van der Waals surface area contributed by atoms with Gasteiger partial charge in [0, 0.05) is 20.1 Å². The lowest BCUT2D eigenvalue weighted by atomic mass is 10.1. The second kappa shape index (κ2) is 6.78. The predicted octanol–water partition coefficient (Wildman–Crippen LogP) is 2.88. The summed E-state index contributed by atoms with van der Waals surface area (Å²) < 4.78 is 7.25. The highest BCUT2D eigenvalue weighted by atomic mass is 32.2. The first-order valence-electron chi connectivity index (χ1n) is 7.97. The molecule has 7 heteroatoms. The van der Waals surface area contributed by atoms with Gasteiger partial charge in [-0.05, 0) is 39.2 Å². The Hall–Kier alpha value is -1.76. The summed E-state index contributed by atoms with van der Waals surface area (Å²) in [5.74, 6) is 1.77. The Morgan fingerprint density at radius 2 is 2.04 bits per heavy atom. The zero-order valence-electron chi connectivity index (χ0n) is 13.8. The Morgan fingerprint density at radius 3 is 2.70 bits per heavy atom. The first-order chi connectivity index (χ1) is 11.1. The van der Waals surface area contributed by atoms with Crippen molar-refractivity contribution in [3.8, 4) is 11.4 Å². The van der Waals surface area contributed by atoms with E-state index in [2.05, 4.69) is 10.2 Å². The molecular formula is C16H22N4O2S. The van der Waals surface area contributed by atoms with Crippen LogP contribution in [0.4, 0.5) is 0 Å². The number of carbonyl (C=O) groups excluding carboxylic acids is 1. The van der Waals surface area contributed by atoms with Crippen LogP contribution in [-0.2, 0) is 11.8 Å². The van der Waals surface area contributed by atoms with Crippen LogP contribution in [0.5, 0.6) is 0 Å². The van der Waals surface area contributed by atoms with Gasteiger partial charge in [0.1, 0.15) is 5.76 Å². The van der Waals surface area contributed by atoms with E-state index in [0.29, 0.717) is 0 Å². The number of piperidine rings is 1. The molecule has 1 aliphatic rings. The monoisotopic (exact) mass is 334 g/mol. The fourth-order valence-corrected chi connectivity index (χ4v) is 3.75. The zero-order chi connectivity index (χ0) is 16.4. The topological polar surface area (TPSA) is 64.2 Å². The molecule has 0 bridgehead atoms. The molecule has 0 N–H and O–H groups in total. The van der Waals surface area contributed by atoms with E-state index in [-0.39, 0.29) is 11.2 Å². The number of thioether (sulfide) groups is 1. The lowest BCUT2D eigenvalue weighted by molar-refractivity contribution is -0.131. The van der Waals surface area contributed by atoms with E-state index < -0.39 is 0 Å². The molecule has 0 spiro atoms. The van der Waals surface area contributed by atoms with Crippen molar-refractivity contribution in [2.24, 2.45) is 7.05 Å². The number of likely N-dealkylation sites (tertiary alicyclic amines) is 1. The molecule has 0 unspecified atom stereocenters. The third-order valence-electron chi connectivity index (χ3n) is 4.23. The number of hydrogen-bond donors (Lipinski definition) is 0. The number of amides is 1. The summed E-state index contributed by atoms with van der Waals surface area (Å²) in [7, 11) is 1.92. The molecule has 0 aromatic carbocycles. The smallest absolute Gasteiger partial charge is 0.235 e. The molecule has 23 heavy (non-hydrogen) atoms. The number of aryl methyl sites for hydroxylation is 1. The first-order valence-corrected chi connectivity index (χ1v) is 8.85. The molecule has 124 valence electrons. The Kier molecular flexibility index (Phi) is 4.75. The van der Waals surface area contributed by atoms with Gasteiger partial charge < -0.3 is 13.9 Å². The fraction of sp³-hybridized carbons (Fsp3) is 0.562. The predicted molar refractivity (Wildman–Crippen MR) is 89.2 cm³/mol. The third-order valence-corrected chi connectivity index (χ3v) is 5.35. The van der Waals surface area contributed by atoms with E-state index in [0.717, 1.165) is 48.2 Å². The maximum atomic E-state index is 12.5. The first kappa shape index (κ1) is 16.1. The van der Waals surface area contributed by atoms with Crippen LogP contribution in [0.25, 0.3) is 11.4 Å². The van der Waals surface area contributed by atoms with Crippen LogP contribution in [0.3, 0.4) is 0 Å². The van der Waals surface area contributed by atoms with E-state index in [1.54, 1.807) is 6.26 Å². The zero-order valence-corrected chi connectivity index (χ0v) is 14.6. The van der Waals surface area contributed by atoms with Crippen molar-refractivity contribution < 1.29 is 9.21 Å². The van der Waals surface area contributed by atoms with Crippen molar-refractivity contribution >= 4 is 17.7 Å². The summed E-state index contributed by atoms with van der Waals surface area (Å²) >= 11 is 1.46. The van der Waals surface area contributed by atoms with Crippen molar-refractivity contribution in [1.82, 2.24) is 19.7 Å². The van der Waals surface area contributed by atoms with Crippen LogP contribution in [-0.4, -0.2) is 43.9 Å². The summed E-state index contributed by atoms with van der Waals surface area (Å²) in [6.07, 6.45) is 5.09. The van der Waals surface area contributed by atoms with Gasteiger partial charge >= 0.3 is 0 Å². The summed E-state index contributed by atoms with van der Waals surface area (Å²) in [4.78, 5) is 14.5. The molecular weight excluding hydrogens is 312 g/mol. The van der Waals surface area contributed by atoms with Gasteiger partial charge in [-0.1, -0.05) is 11.8 Å². The fourth-order valence-electron chi connectivity index (χ4n) is 2.85. The highest BCUT2D eigenvalue weighted by Crippen LogP contribution is 2.28. The third kappa shape index (κ3) is 3.29. The van der Waals surface area contributed by atoms with E-state index in [1.807, 2.05) is 36.4 Å². The Balaban J connectivity index is 1.72. The second-order valence-corrected chi connectivity index (χ2v) is 7.21. The van der Waals surface area contributed by atoms with Crippen LogP contribution in [0.15, 0.2) is 21.9 Å². The molecule has 1 fully saturated rings. The quantitative estimate of drug-likeness (QED) is 0.805. The molecule has 1 aliphatic heterocycles. The van der Waals surface area contributed by atoms with E-state index in [9.17, 15) is 4.79 Å². The number of carbonyl (C=O) groups is 1. The summed E-state index contributed by atoms with van der Waals surface area (Å²) in [6.45, 7) is 5.60. The normalized spacial score (nSPS) is 16.6. The number of furan rings is 1. The van der Waals surface area contributed by atoms with Crippen molar-refractivity contribution in [2.45, 2.75) is 43.5 Å². The van der Waals surface area contributed by atoms with Crippen molar-refractivity contribution in [1.29, 1.82) is 0 Å². The number of hydrogen-bond acceptors (Lipinski definition) is 5. The minimum atomic E-state index is -0.158. The van der Waals surface area contributed by atoms with Crippen LogP contribution in [0.2, 0.25) is 0 Å². The minimum absolute atomic E-state index is 0.158. The molecule has 1 amide bonds. The number of rotatable bonds is 4. The molecule has 2 aromatic heterocycles. The standard InChI is InChI=1S/C16H22N4O2S/c1-11-13(7-10-22-11)14-17-18-16(19(14)3)23-12(2)15(21)20-8-5-4-6-9-20/h7,10,12H,4-6,8-9H2,1-3H3/t12-/m1/s1. The number of nitrogens with zero attached hydrogens (tertiary/aromatic N) is 4. The molecule has 3 heterocycles. The molecule has 0 aliphatic carbocycles. The van der Waals surface area contributed by atoms with Gasteiger partial charge in [0.25, 0.3) is 0 Å². The van der Waals surface area contributed by atoms with Crippen LogP contribution in [0, 0.1) is 6.92 Å². The van der Waals surface area contributed by atoms with E-state index in [1.165, 1.54) is 18.2 Å². The second-order valence-electron chi connectivity index (χ2n) is 5.90. The maximum Gasteiger partial charge on any atom is 0.235 e. The molecule has 2 aromatic rings. The summed E-state index contributed by atoms with van der Waals surface area (Å²) in [5.41, 5.74) is 0.932. The van der Waals surface area contributed by atoms with Gasteiger partial charge in [0.15, 0.2) is 11.0 Å². The van der Waals surface area contributed by atoms with Gasteiger partial charge in [-0.3, -0.25) is 4.79 Å². The van der Waals surface area contributed by atoms with Crippen LogP contribution < -0.4 is 0 Å². The average molecular weight is 334 g/mol. The van der Waals surface area contributed by atoms with E-state index >= 15 is 0 Å². The van der Waals surface area contributed by atoms with Gasteiger partial charge in [0.05, 0.1) is 17.1 Å². The SMILES string of the molecule is Cc1occc1-c1nnc(S[C@H](C)C(=O)N2CCCCC2)n1C. The largest absolute Gasteiger partial charge is 0.469 e. The molecule has 1 atom stereocenters. The van der Waals surface area contributed by atoms with Gasteiger partial charge in [-0.2, -0.15) is 0 Å². The van der Waals surface area contributed by atoms with Gasteiger partial charge in [0.2, 0.25) is 5.91 Å². The van der Waals surface area contributed by atoms with Crippen molar-refractivity contribution in [2.75, 3.05) is 13.1 Å². The van der Waals surface area contributed by atoms with Crippen LogP contribution >= 0.6 is 11.8 Å². The Morgan fingerprint density at radius 1 is 1.30 bits per heavy atom. The lowest BCUT2D eigenvalue weighted by Crippen LogP contribution is -2.40. The summed E-state index contributed by atoms with van der Waals surface area (Å²) in [5, 5.41) is 9.09. The minimum Gasteiger partial charge on any atom is -0.469 e. The lowest BCUT2D eigenvalue weighted by Gasteiger charge is -2.28. The number of aromatic nitrogens is 3. The highest BCUT2D eigenvalue weighted by molar-refractivity contribution is 8.00. The highest BCUT2D eigenvalue weighted by Gasteiger charge is 2.25. The maximum absolute atomic E-state index is 12.5. The molecule has 0 radical (unpaired) electrons. The molecule has 6 nitrogen and oxygen atoms in total. The van der Waals surface area contributed by atoms with Crippen molar-refractivity contribution in [3.05, 3.63) is 18.1 Å². The summed E-state index contributed by atoms with van der Waals surface area (Å²) in [6, 6.07) is 1.89. The molecule has 0 saturated carbocycles. The van der Waals surface area contributed by atoms with E-state index in [4.69, 9.17) is 4.42 Å². The van der Waals surface area contributed by atoms with Crippen LogP contribution in [0.1, 0.15) is 31.9 Å². The average Bonchev–Trinajstić information content (AvgIpc) is 3.14. The Bertz CT molecular complexity index is 688. The van der Waals surface area contributed by atoms with Crippen molar-refractivity contribution in [3.63, 3.8) is 0 Å². The molecule has 1 saturated heterocycles. The Labute approximate surface area is 140 Å². The van der Waals surface area contributed by atoms with Gasteiger partial charge in [-0.15, -0.1) is 10.2 Å². The van der Waals surface area contributed by atoms with Gasteiger partial charge in [-0.25, -0.2) is 0 Å². The molecule has 3 rings (SSSR count).